The van der Waals surface area contributed by atoms with Gasteiger partial charge >= 0.3 is 6.18 Å². The van der Waals surface area contributed by atoms with Crippen LogP contribution in [0.25, 0.3) is 5.69 Å². The third-order valence-corrected chi connectivity index (χ3v) is 5.35. The lowest BCUT2D eigenvalue weighted by atomic mass is 10.0. The van der Waals surface area contributed by atoms with Crippen molar-refractivity contribution in [3.63, 3.8) is 0 Å². The van der Waals surface area contributed by atoms with E-state index in [1.165, 1.54) is 12.1 Å². The Bertz CT molecular complexity index is 1170. The van der Waals surface area contributed by atoms with Gasteiger partial charge in [-0.25, -0.2) is 0 Å². The van der Waals surface area contributed by atoms with Gasteiger partial charge in [0.05, 0.1) is 17.3 Å². The summed E-state index contributed by atoms with van der Waals surface area (Å²) in [4.78, 5) is 2.03. The van der Waals surface area contributed by atoms with Crippen LogP contribution in [0.15, 0.2) is 78.9 Å². The summed E-state index contributed by atoms with van der Waals surface area (Å²) in [6.07, 6.45) is -4.35. The fraction of sp³-hybridized carbons (Fsp3) is 0.208. The van der Waals surface area contributed by atoms with Crippen LogP contribution in [0, 0.1) is 6.92 Å². The van der Waals surface area contributed by atoms with E-state index in [-0.39, 0.29) is 6.04 Å². The average Bonchev–Trinajstić information content (AvgIpc) is 3.24. The van der Waals surface area contributed by atoms with Crippen molar-refractivity contribution in [1.29, 1.82) is 0 Å². The lowest BCUT2D eigenvalue weighted by Crippen LogP contribution is -2.28. The Balaban J connectivity index is 1.71. The SMILES string of the molecule is Cc1ccccc1-n1nnnc1C(c1ccccc1)N(C)Cc1ccc(C(F)(F)F)cc1. The highest BCUT2D eigenvalue weighted by Gasteiger charge is 2.30. The van der Waals surface area contributed by atoms with E-state index in [1.807, 2.05) is 73.5 Å². The number of hydrogen-bond donors (Lipinski definition) is 0. The second kappa shape index (κ2) is 8.92. The molecule has 0 aliphatic rings. The van der Waals surface area contributed by atoms with Crippen LogP contribution >= 0.6 is 0 Å². The van der Waals surface area contributed by atoms with Crippen LogP contribution in [0.4, 0.5) is 13.2 Å². The summed E-state index contributed by atoms with van der Waals surface area (Å²) < 4.78 is 40.5. The van der Waals surface area contributed by atoms with E-state index in [2.05, 4.69) is 15.5 Å². The molecule has 3 aromatic carbocycles. The van der Waals surface area contributed by atoms with Crippen molar-refractivity contribution in [3.8, 4) is 5.69 Å². The summed E-state index contributed by atoms with van der Waals surface area (Å²) in [5.41, 5.74) is 2.98. The van der Waals surface area contributed by atoms with E-state index < -0.39 is 11.7 Å². The number of alkyl halides is 3. The van der Waals surface area contributed by atoms with Gasteiger partial charge in [0.15, 0.2) is 5.82 Å². The number of tetrazole rings is 1. The molecule has 1 atom stereocenters. The number of halogens is 3. The predicted octanol–water partition coefficient (Wildman–Crippen LogP) is 5.21. The van der Waals surface area contributed by atoms with Crippen LogP contribution in [-0.4, -0.2) is 32.2 Å². The Kier molecular flexibility index (Phi) is 6.05. The maximum Gasteiger partial charge on any atom is 0.416 e. The summed E-state index contributed by atoms with van der Waals surface area (Å²) in [6, 6.07) is 22.5. The number of hydrogen-bond acceptors (Lipinski definition) is 4. The molecular weight excluding hydrogens is 415 g/mol. The van der Waals surface area contributed by atoms with Gasteiger partial charge in [0, 0.05) is 6.54 Å². The molecule has 1 unspecified atom stereocenters. The van der Waals surface area contributed by atoms with E-state index in [0.29, 0.717) is 12.4 Å². The van der Waals surface area contributed by atoms with E-state index >= 15 is 0 Å². The van der Waals surface area contributed by atoms with Gasteiger partial charge in [-0.05, 0) is 59.3 Å². The molecule has 0 radical (unpaired) electrons. The van der Waals surface area contributed by atoms with E-state index in [0.717, 1.165) is 34.5 Å². The van der Waals surface area contributed by atoms with Crippen molar-refractivity contribution in [2.24, 2.45) is 0 Å². The van der Waals surface area contributed by atoms with Gasteiger partial charge in [-0.15, -0.1) is 5.10 Å². The van der Waals surface area contributed by atoms with Crippen molar-refractivity contribution in [2.75, 3.05) is 7.05 Å². The zero-order valence-corrected chi connectivity index (χ0v) is 17.7. The van der Waals surface area contributed by atoms with Gasteiger partial charge in [-0.3, -0.25) is 4.90 Å². The van der Waals surface area contributed by atoms with Crippen LogP contribution in [-0.2, 0) is 12.7 Å². The molecule has 32 heavy (non-hydrogen) atoms. The molecule has 1 heterocycles. The van der Waals surface area contributed by atoms with Crippen LogP contribution in [0.5, 0.6) is 0 Å². The lowest BCUT2D eigenvalue weighted by molar-refractivity contribution is -0.137. The fourth-order valence-electron chi connectivity index (χ4n) is 3.75. The first-order valence-corrected chi connectivity index (χ1v) is 10.1. The van der Waals surface area contributed by atoms with E-state index in [1.54, 1.807) is 4.68 Å². The third-order valence-electron chi connectivity index (χ3n) is 5.35. The van der Waals surface area contributed by atoms with Gasteiger partial charge in [0.25, 0.3) is 0 Å². The highest BCUT2D eigenvalue weighted by molar-refractivity contribution is 5.41. The van der Waals surface area contributed by atoms with Gasteiger partial charge in [-0.2, -0.15) is 17.9 Å². The molecule has 1 aromatic heterocycles. The Hall–Kier alpha value is -3.52. The highest BCUT2D eigenvalue weighted by Crippen LogP contribution is 2.31. The molecule has 0 fully saturated rings. The fourth-order valence-corrected chi connectivity index (χ4v) is 3.75. The second-order valence-electron chi connectivity index (χ2n) is 7.66. The van der Waals surface area contributed by atoms with Crippen molar-refractivity contribution >= 4 is 0 Å². The Morgan fingerprint density at radius 2 is 1.56 bits per heavy atom. The molecule has 0 aliphatic heterocycles. The Morgan fingerprint density at radius 1 is 0.906 bits per heavy atom. The van der Waals surface area contributed by atoms with Crippen molar-refractivity contribution in [1.82, 2.24) is 25.1 Å². The molecule has 5 nitrogen and oxygen atoms in total. The molecule has 0 bridgehead atoms. The zero-order chi connectivity index (χ0) is 22.7. The predicted molar refractivity (Wildman–Crippen MR) is 115 cm³/mol. The van der Waals surface area contributed by atoms with Crippen LogP contribution in [0.1, 0.15) is 34.1 Å². The molecule has 8 heteroatoms. The van der Waals surface area contributed by atoms with Gasteiger partial charge in [0.2, 0.25) is 0 Å². The van der Waals surface area contributed by atoms with Crippen LogP contribution in [0.2, 0.25) is 0 Å². The number of benzene rings is 3. The molecule has 164 valence electrons. The number of rotatable bonds is 6. The van der Waals surface area contributed by atoms with Crippen molar-refractivity contribution in [3.05, 3.63) is 107 Å². The topological polar surface area (TPSA) is 46.8 Å². The molecule has 0 N–H and O–H groups in total. The highest BCUT2D eigenvalue weighted by atomic mass is 19.4. The summed E-state index contributed by atoms with van der Waals surface area (Å²) in [5.74, 6) is 0.625. The van der Waals surface area contributed by atoms with Gasteiger partial charge in [0.1, 0.15) is 0 Å². The maximum atomic E-state index is 12.9. The largest absolute Gasteiger partial charge is 0.416 e. The standard InChI is InChI=1S/C24H22F3N5/c1-17-8-6-7-11-21(17)32-23(28-29-30-32)22(19-9-4-3-5-10-19)31(2)16-18-12-14-20(15-13-18)24(25,26)27/h3-15,22H,16H2,1-2H3. The monoisotopic (exact) mass is 437 g/mol. The number of para-hydroxylation sites is 1. The first kappa shape index (κ1) is 21.7. The molecular formula is C24H22F3N5. The van der Waals surface area contributed by atoms with Crippen LogP contribution < -0.4 is 0 Å². The molecule has 0 spiro atoms. The molecule has 0 amide bonds. The smallest absolute Gasteiger partial charge is 0.288 e. The van der Waals surface area contributed by atoms with Crippen LogP contribution in [0.3, 0.4) is 0 Å². The second-order valence-corrected chi connectivity index (χ2v) is 7.66. The molecule has 0 aliphatic carbocycles. The first-order chi connectivity index (χ1) is 15.3. The molecule has 4 aromatic rings. The average molecular weight is 437 g/mol. The van der Waals surface area contributed by atoms with Crippen molar-refractivity contribution < 1.29 is 13.2 Å². The first-order valence-electron chi connectivity index (χ1n) is 10.1. The van der Waals surface area contributed by atoms with E-state index in [9.17, 15) is 13.2 Å². The summed E-state index contributed by atoms with van der Waals surface area (Å²) in [5, 5.41) is 12.5. The quantitative estimate of drug-likeness (QED) is 0.415. The molecule has 4 rings (SSSR count). The minimum atomic E-state index is -4.35. The number of aromatic nitrogens is 4. The molecule has 0 saturated heterocycles. The normalized spacial score (nSPS) is 12.8. The Labute approximate surface area is 184 Å². The van der Waals surface area contributed by atoms with Crippen molar-refractivity contribution in [2.45, 2.75) is 25.7 Å². The third kappa shape index (κ3) is 4.55. The summed E-state index contributed by atoms with van der Waals surface area (Å²) in [7, 11) is 1.91. The van der Waals surface area contributed by atoms with Gasteiger partial charge < -0.3 is 0 Å². The maximum absolute atomic E-state index is 12.9. The van der Waals surface area contributed by atoms with E-state index in [4.69, 9.17) is 0 Å². The Morgan fingerprint density at radius 3 is 2.22 bits per heavy atom. The lowest BCUT2D eigenvalue weighted by Gasteiger charge is -2.28. The number of nitrogens with zero attached hydrogens (tertiary/aromatic N) is 5. The summed E-state index contributed by atoms with van der Waals surface area (Å²) in [6.45, 7) is 2.41. The number of aryl methyl sites for hydroxylation is 1. The summed E-state index contributed by atoms with van der Waals surface area (Å²) >= 11 is 0. The zero-order valence-electron chi connectivity index (χ0n) is 17.7. The minimum absolute atomic E-state index is 0.312. The minimum Gasteiger partial charge on any atom is -0.288 e. The van der Waals surface area contributed by atoms with Gasteiger partial charge in [-0.1, -0.05) is 60.7 Å². The molecule has 0 saturated carbocycles.